The molecule has 0 bridgehead atoms. The second kappa shape index (κ2) is 55.6. The molecular weight excluding hydrogens is 217 g/mol. The van der Waals surface area contributed by atoms with Gasteiger partial charge in [0.15, 0.2) is 0 Å². The molecule has 1 rings (SSSR count). The van der Waals surface area contributed by atoms with E-state index in [4.69, 9.17) is 1.37 Å². The number of aryl methyl sites for hydroxylation is 1. The first kappa shape index (κ1) is 30.3. The van der Waals surface area contributed by atoms with Crippen LogP contribution in [0.15, 0.2) is 24.5 Å². The van der Waals surface area contributed by atoms with E-state index in [9.17, 15) is 0 Å². The van der Waals surface area contributed by atoms with Gasteiger partial charge in [0, 0.05) is 22.2 Å². The van der Waals surface area contributed by atoms with Gasteiger partial charge in [0.2, 0.25) is 0 Å². The molecule has 0 saturated heterocycles. The lowest BCUT2D eigenvalue weighted by atomic mass is 10.3. The number of aromatic nitrogens is 1. The van der Waals surface area contributed by atoms with Gasteiger partial charge >= 0.3 is 0 Å². The van der Waals surface area contributed by atoms with Gasteiger partial charge in [-0.2, -0.15) is 0 Å². The molecule has 3 radical (unpaired) electrons. The molecule has 0 amide bonds. The Morgan fingerprint density at radius 2 is 1.17 bits per heavy atom. The van der Waals surface area contributed by atoms with Crippen molar-refractivity contribution in [1.29, 1.82) is 0 Å². The van der Waals surface area contributed by atoms with E-state index >= 15 is 0 Å². The van der Waals surface area contributed by atoms with Crippen molar-refractivity contribution in [2.45, 2.75) is 76.1 Å². The summed E-state index contributed by atoms with van der Waals surface area (Å²) in [6.45, 7) is 18.3. The lowest BCUT2D eigenvalue weighted by Gasteiger charge is -1.82. The van der Waals surface area contributed by atoms with E-state index in [2.05, 4.69) is 18.8 Å². The van der Waals surface area contributed by atoms with Crippen LogP contribution in [0, 0.1) is 6.92 Å². The highest BCUT2D eigenvalue weighted by Crippen LogP contribution is 1.88. The predicted octanol–water partition coefficient (Wildman–Crippen LogP) is 6.14. The van der Waals surface area contributed by atoms with E-state index in [-0.39, 0.29) is 8.41 Å². The molecule has 2 heteroatoms. The van der Waals surface area contributed by atoms with E-state index in [1.807, 2.05) is 60.6 Å². The summed E-state index contributed by atoms with van der Waals surface area (Å²) in [5, 5.41) is 0. The van der Waals surface area contributed by atoms with Crippen LogP contribution in [0.5, 0.6) is 0 Å². The molecule has 0 atom stereocenters. The van der Waals surface area contributed by atoms with Crippen molar-refractivity contribution in [1.82, 2.24) is 4.98 Å². The van der Waals surface area contributed by atoms with Crippen LogP contribution in [0.2, 0.25) is 0 Å². The average molecular weight is 256 g/mol. The van der Waals surface area contributed by atoms with Crippen molar-refractivity contribution in [2.75, 3.05) is 0 Å². The first-order chi connectivity index (χ1) is 8.81. The molecule has 0 N–H and O–H groups in total. The van der Waals surface area contributed by atoms with Gasteiger partial charge in [0.1, 0.15) is 0 Å². The number of rotatable bonds is 0. The van der Waals surface area contributed by atoms with Crippen LogP contribution < -0.4 is 0 Å². The Kier molecular flexibility index (Phi) is 93.7. The monoisotopic (exact) mass is 256 g/mol. The number of nitrogens with zero attached hydrogens (tertiary/aromatic N) is 1. The normalized spacial score (nSPS) is 5.78. The van der Waals surface area contributed by atoms with Crippen LogP contribution in [0.3, 0.4) is 0 Å². The van der Waals surface area contributed by atoms with Gasteiger partial charge in [0.25, 0.3) is 0 Å². The van der Waals surface area contributed by atoms with Crippen LogP contribution >= 0.6 is 0 Å². The van der Waals surface area contributed by atoms with Gasteiger partial charge in [-0.05, 0) is 24.6 Å². The molecule has 18 heavy (non-hydrogen) atoms. The first-order valence-electron chi connectivity index (χ1n) is 7.67. The van der Waals surface area contributed by atoms with E-state index in [0.29, 0.717) is 0 Å². The molecule has 0 spiro atoms. The summed E-state index contributed by atoms with van der Waals surface area (Å²) < 4.78 is 5.75. The van der Waals surface area contributed by atoms with Crippen molar-refractivity contribution in [3.8, 4) is 0 Å². The number of pyridine rings is 1. The van der Waals surface area contributed by atoms with Crippen LogP contribution in [0.4, 0.5) is 0 Å². The van der Waals surface area contributed by atoms with Crippen LogP contribution in [0.25, 0.3) is 0 Å². The summed E-state index contributed by atoms with van der Waals surface area (Å²) in [5.74, 6) is 0. The maximum Gasteiger partial charge on any atom is 0.0270 e. The van der Waals surface area contributed by atoms with Crippen molar-refractivity contribution >= 4 is 8.41 Å². The van der Waals surface area contributed by atoms with Crippen molar-refractivity contribution in [3.63, 3.8) is 0 Å². The number of hydrogen-bond donors (Lipinski definition) is 0. The Bertz CT molecular complexity index is 158. The molecule has 109 valence electrons. The zero-order valence-corrected chi connectivity index (χ0v) is 14.5. The Labute approximate surface area is 121 Å². The van der Waals surface area contributed by atoms with Crippen LogP contribution in [0.1, 0.15) is 76.1 Å². The lowest BCUT2D eigenvalue weighted by molar-refractivity contribution is 1.09. The SMILES string of the molecule is CC.CC.CC.CCC.Cc1ccncc1.[3H]C.[B]. The standard InChI is InChI=1S/C6H7N.C3H8.3C2H6.CH4.B/c1-6-2-4-7-5-3-6;1-3-2;3*1-2;;/h2-5H,1H3;3H2,1-2H3;3*1-2H3;1H4;/i;;;;;1T;. The zero-order valence-electron chi connectivity index (χ0n) is 15.5. The topological polar surface area (TPSA) is 12.9 Å². The Hall–Kier alpha value is -0.785. The van der Waals surface area contributed by atoms with Crippen LogP contribution in [-0.4, -0.2) is 13.4 Å². The molecule has 0 aliphatic rings. The lowest BCUT2D eigenvalue weighted by Crippen LogP contribution is -1.68. The minimum Gasteiger partial charge on any atom is -0.265 e. The summed E-state index contributed by atoms with van der Waals surface area (Å²) in [7, 11) is 1.25. The number of hydrogen-bond acceptors (Lipinski definition) is 1. The zero-order chi connectivity index (χ0) is 15.8. The van der Waals surface area contributed by atoms with Crippen LogP contribution in [-0.2, 0) is 0 Å². The van der Waals surface area contributed by atoms with E-state index < -0.39 is 0 Å². The van der Waals surface area contributed by atoms with E-state index in [1.165, 1.54) is 19.4 Å². The molecule has 0 aliphatic carbocycles. The molecule has 1 nitrogen and oxygen atoms in total. The molecule has 0 aliphatic heterocycles. The maximum atomic E-state index is 5.75. The van der Waals surface area contributed by atoms with Gasteiger partial charge in [0.05, 0.1) is 0 Å². The van der Waals surface area contributed by atoms with Gasteiger partial charge in [-0.3, -0.25) is 4.98 Å². The Balaban J connectivity index is -0.0000000307. The molecule has 0 aromatic carbocycles. The smallest absolute Gasteiger partial charge is 0.0270 e. The highest BCUT2D eigenvalue weighted by atomic mass is 14.6. The first-order valence-corrected chi connectivity index (χ1v) is 6.67. The largest absolute Gasteiger partial charge is 0.265 e. The Morgan fingerprint density at radius 1 is 0.944 bits per heavy atom. The molecule has 1 aromatic rings. The second-order valence-electron chi connectivity index (χ2n) is 2.23. The van der Waals surface area contributed by atoms with Crippen molar-refractivity contribution < 1.29 is 1.37 Å². The fraction of sp³-hybridized carbons (Fsp3) is 0.688. The Morgan fingerprint density at radius 3 is 1.28 bits per heavy atom. The summed E-state index contributed by atoms with van der Waals surface area (Å²) >= 11 is 0. The quantitative estimate of drug-likeness (QED) is 0.508. The van der Waals surface area contributed by atoms with Gasteiger partial charge < -0.3 is 0 Å². The predicted molar refractivity (Wildman–Crippen MR) is 91.5 cm³/mol. The fourth-order valence-electron chi connectivity index (χ4n) is 0.426. The third-order valence-corrected chi connectivity index (χ3v) is 0.847. The highest BCUT2D eigenvalue weighted by molar-refractivity contribution is 5.75. The fourth-order valence-corrected chi connectivity index (χ4v) is 0.426. The summed E-state index contributed by atoms with van der Waals surface area (Å²) in [6, 6.07) is 3.94. The molecule has 0 fully saturated rings. The maximum absolute atomic E-state index is 5.75. The summed E-state index contributed by atoms with van der Waals surface area (Å²) in [4.78, 5) is 3.85. The second-order valence-corrected chi connectivity index (χ2v) is 2.23. The summed E-state index contributed by atoms with van der Waals surface area (Å²) in [6.07, 6.45) is 4.82. The van der Waals surface area contributed by atoms with Gasteiger partial charge in [-0.1, -0.05) is 69.2 Å². The molecule has 1 heterocycles. The minimum atomic E-state index is 0. The average Bonchev–Trinajstić information content (AvgIpc) is 2.49. The highest BCUT2D eigenvalue weighted by Gasteiger charge is 1.72. The molecule has 1 aromatic heterocycles. The van der Waals surface area contributed by atoms with Crippen molar-refractivity contribution in [2.24, 2.45) is 0 Å². The molecule has 0 saturated carbocycles. The van der Waals surface area contributed by atoms with E-state index in [1.54, 1.807) is 12.4 Å². The summed E-state index contributed by atoms with van der Waals surface area (Å²) in [5.41, 5.74) is 1.26. The van der Waals surface area contributed by atoms with E-state index in [0.717, 1.165) is 0 Å². The van der Waals surface area contributed by atoms with Gasteiger partial charge in [-0.25, -0.2) is 0 Å². The third-order valence-electron chi connectivity index (χ3n) is 0.847. The van der Waals surface area contributed by atoms with Crippen molar-refractivity contribution in [3.05, 3.63) is 30.1 Å². The third kappa shape index (κ3) is 59.1. The molecular formula is C16H37BN. The van der Waals surface area contributed by atoms with Gasteiger partial charge in [-0.15, -0.1) is 0 Å². The molecule has 0 unspecified atom stereocenters. The minimum absolute atomic E-state index is 0.